The molecule has 0 saturated carbocycles. The van der Waals surface area contributed by atoms with Gasteiger partial charge in [0.2, 0.25) is 10.0 Å². The van der Waals surface area contributed by atoms with Crippen LogP contribution in [0.1, 0.15) is 15.9 Å². The van der Waals surface area contributed by atoms with Crippen molar-refractivity contribution in [3.05, 3.63) is 96.1 Å². The molecule has 6 nitrogen and oxygen atoms in total. The summed E-state index contributed by atoms with van der Waals surface area (Å²) in [6, 6.07) is 25.8. The van der Waals surface area contributed by atoms with E-state index >= 15 is 0 Å². The Morgan fingerprint density at radius 3 is 2.12 bits per heavy atom. The first-order valence-electron chi connectivity index (χ1n) is 10.6. The summed E-state index contributed by atoms with van der Waals surface area (Å²) in [7, 11) is -1.98. The van der Waals surface area contributed by atoms with Gasteiger partial charge in [-0.2, -0.15) is 4.31 Å². The average Bonchev–Trinajstić information content (AvgIpc) is 2.85. The molecule has 0 spiro atoms. The van der Waals surface area contributed by atoms with E-state index in [0.717, 1.165) is 12.2 Å². The molecule has 0 aromatic heterocycles. The molecule has 7 heteroatoms. The highest BCUT2D eigenvalue weighted by Crippen LogP contribution is 2.21. The second kappa shape index (κ2) is 9.65. The third-order valence-electron chi connectivity index (χ3n) is 5.75. The largest absolute Gasteiger partial charge is 0.311 e. The van der Waals surface area contributed by atoms with Crippen LogP contribution in [0, 0.1) is 0 Å². The van der Waals surface area contributed by atoms with E-state index in [1.54, 1.807) is 25.2 Å². The molecular weight excluding hydrogens is 422 g/mol. The molecule has 1 heterocycles. The van der Waals surface area contributed by atoms with Crippen LogP contribution in [0.15, 0.2) is 89.8 Å². The lowest BCUT2D eigenvalue weighted by atomic mass is 10.2. The highest BCUT2D eigenvalue weighted by atomic mass is 32.2. The molecule has 1 amide bonds. The normalized spacial score (nSPS) is 15.4. The SMILES string of the molecule is CN(C(=O)c1cccc(S(=O)(=O)N2CCN(Cc3ccccc3)CC2)c1)c1ccccc1. The van der Waals surface area contributed by atoms with Crippen molar-refractivity contribution in [1.29, 1.82) is 0 Å². The molecule has 166 valence electrons. The summed E-state index contributed by atoms with van der Waals surface area (Å²) >= 11 is 0. The topological polar surface area (TPSA) is 60.9 Å². The van der Waals surface area contributed by atoms with Gasteiger partial charge in [0.15, 0.2) is 0 Å². The minimum Gasteiger partial charge on any atom is -0.311 e. The fraction of sp³-hybridized carbons (Fsp3) is 0.240. The molecule has 3 aromatic carbocycles. The maximum Gasteiger partial charge on any atom is 0.258 e. The molecule has 1 fully saturated rings. The number of carbonyl (C=O) groups excluding carboxylic acids is 1. The smallest absolute Gasteiger partial charge is 0.258 e. The summed E-state index contributed by atoms with van der Waals surface area (Å²) in [5, 5.41) is 0. The van der Waals surface area contributed by atoms with Gasteiger partial charge >= 0.3 is 0 Å². The van der Waals surface area contributed by atoms with E-state index < -0.39 is 10.0 Å². The van der Waals surface area contributed by atoms with Crippen LogP contribution in [0.5, 0.6) is 0 Å². The summed E-state index contributed by atoms with van der Waals surface area (Å²) in [4.78, 5) is 16.9. The Balaban J connectivity index is 1.45. The van der Waals surface area contributed by atoms with E-state index in [4.69, 9.17) is 0 Å². The fourth-order valence-corrected chi connectivity index (χ4v) is 5.34. The van der Waals surface area contributed by atoms with Gasteiger partial charge < -0.3 is 4.90 Å². The quantitative estimate of drug-likeness (QED) is 0.578. The van der Waals surface area contributed by atoms with Crippen molar-refractivity contribution in [2.75, 3.05) is 38.1 Å². The van der Waals surface area contributed by atoms with Gasteiger partial charge in [0.1, 0.15) is 0 Å². The minimum atomic E-state index is -3.67. The Morgan fingerprint density at radius 2 is 1.47 bits per heavy atom. The summed E-state index contributed by atoms with van der Waals surface area (Å²) < 4.78 is 28.0. The number of para-hydroxylation sites is 1. The Labute approximate surface area is 189 Å². The van der Waals surface area contributed by atoms with E-state index in [1.807, 2.05) is 48.5 Å². The predicted octanol–water partition coefficient (Wildman–Crippen LogP) is 3.47. The van der Waals surface area contributed by atoms with E-state index in [-0.39, 0.29) is 10.8 Å². The minimum absolute atomic E-state index is 0.154. The van der Waals surface area contributed by atoms with E-state index in [9.17, 15) is 13.2 Å². The Morgan fingerprint density at radius 1 is 0.844 bits per heavy atom. The summed E-state index contributed by atoms with van der Waals surface area (Å²) in [6.45, 7) is 3.01. The van der Waals surface area contributed by atoms with Gasteiger partial charge in [-0.3, -0.25) is 9.69 Å². The predicted molar refractivity (Wildman–Crippen MR) is 126 cm³/mol. The summed E-state index contributed by atoms with van der Waals surface area (Å²) in [6.07, 6.45) is 0. The first-order valence-corrected chi connectivity index (χ1v) is 12.1. The molecule has 0 atom stereocenters. The molecular formula is C25H27N3O3S. The van der Waals surface area contributed by atoms with E-state index in [1.165, 1.54) is 20.8 Å². The third kappa shape index (κ3) is 4.91. The number of nitrogens with zero attached hydrogens (tertiary/aromatic N) is 3. The molecule has 3 aromatic rings. The zero-order valence-corrected chi connectivity index (χ0v) is 18.9. The lowest BCUT2D eigenvalue weighted by molar-refractivity contribution is 0.0993. The number of anilines is 1. The number of hydrogen-bond acceptors (Lipinski definition) is 4. The molecule has 1 aliphatic heterocycles. The van der Waals surface area contributed by atoms with E-state index in [0.29, 0.717) is 31.7 Å². The summed E-state index contributed by atoms with van der Waals surface area (Å²) in [5.74, 6) is -0.249. The van der Waals surface area contributed by atoms with Crippen LogP contribution >= 0.6 is 0 Å². The average molecular weight is 450 g/mol. The molecule has 0 aliphatic carbocycles. The number of piperazine rings is 1. The van der Waals surface area contributed by atoms with Crippen molar-refractivity contribution in [1.82, 2.24) is 9.21 Å². The number of sulfonamides is 1. The van der Waals surface area contributed by atoms with E-state index in [2.05, 4.69) is 17.0 Å². The van der Waals surface area contributed by atoms with Crippen molar-refractivity contribution in [3.8, 4) is 0 Å². The lowest BCUT2D eigenvalue weighted by Gasteiger charge is -2.34. The Hall–Kier alpha value is -3.00. The first kappa shape index (κ1) is 22.2. The third-order valence-corrected chi connectivity index (χ3v) is 7.64. The van der Waals surface area contributed by atoms with Crippen LogP contribution in [0.2, 0.25) is 0 Å². The maximum atomic E-state index is 13.2. The van der Waals surface area contributed by atoms with Gasteiger partial charge in [-0.15, -0.1) is 0 Å². The molecule has 0 N–H and O–H groups in total. The maximum absolute atomic E-state index is 13.2. The van der Waals surface area contributed by atoms with Gasteiger partial charge in [0.05, 0.1) is 4.90 Å². The number of carbonyl (C=O) groups is 1. The van der Waals surface area contributed by atoms with Crippen molar-refractivity contribution >= 4 is 21.6 Å². The van der Waals surface area contributed by atoms with Gasteiger partial charge in [0, 0.05) is 51.0 Å². The van der Waals surface area contributed by atoms with Gasteiger partial charge in [-0.25, -0.2) is 8.42 Å². The fourth-order valence-electron chi connectivity index (χ4n) is 3.87. The number of benzene rings is 3. The Bertz CT molecular complexity index is 1160. The number of amides is 1. The highest BCUT2D eigenvalue weighted by molar-refractivity contribution is 7.89. The molecule has 32 heavy (non-hydrogen) atoms. The van der Waals surface area contributed by atoms with Gasteiger partial charge in [-0.05, 0) is 35.9 Å². The zero-order valence-electron chi connectivity index (χ0n) is 18.1. The monoisotopic (exact) mass is 449 g/mol. The van der Waals surface area contributed by atoms with Crippen LogP contribution in [0.4, 0.5) is 5.69 Å². The second-order valence-electron chi connectivity index (χ2n) is 7.89. The van der Waals surface area contributed by atoms with Crippen molar-refractivity contribution in [2.45, 2.75) is 11.4 Å². The molecule has 0 unspecified atom stereocenters. The van der Waals surface area contributed by atoms with Crippen LogP contribution in [0.25, 0.3) is 0 Å². The van der Waals surface area contributed by atoms with Crippen LogP contribution < -0.4 is 4.90 Å². The second-order valence-corrected chi connectivity index (χ2v) is 9.83. The molecule has 1 aliphatic rings. The molecule has 4 rings (SSSR count). The molecule has 0 bridgehead atoms. The zero-order chi connectivity index (χ0) is 22.6. The lowest BCUT2D eigenvalue weighted by Crippen LogP contribution is -2.48. The first-order chi connectivity index (χ1) is 15.4. The van der Waals surface area contributed by atoms with Crippen LogP contribution in [-0.2, 0) is 16.6 Å². The Kier molecular flexibility index (Phi) is 6.69. The standard InChI is InChI=1S/C25H27N3O3S/c1-26(23-12-6-3-7-13-23)25(29)22-11-8-14-24(19-22)32(30,31)28-17-15-27(16-18-28)20-21-9-4-2-5-10-21/h2-14,19H,15-18,20H2,1H3. The van der Waals surface area contributed by atoms with Crippen LogP contribution in [0.3, 0.4) is 0 Å². The van der Waals surface area contributed by atoms with Gasteiger partial charge in [-0.1, -0.05) is 54.6 Å². The highest BCUT2D eigenvalue weighted by Gasteiger charge is 2.29. The van der Waals surface area contributed by atoms with Crippen molar-refractivity contribution < 1.29 is 13.2 Å². The van der Waals surface area contributed by atoms with Crippen molar-refractivity contribution in [2.24, 2.45) is 0 Å². The molecule has 1 saturated heterocycles. The van der Waals surface area contributed by atoms with Gasteiger partial charge in [0.25, 0.3) is 5.91 Å². The summed E-state index contributed by atoms with van der Waals surface area (Å²) in [5.41, 5.74) is 2.32. The van der Waals surface area contributed by atoms with Crippen LogP contribution in [-0.4, -0.2) is 56.8 Å². The molecule has 0 radical (unpaired) electrons. The number of hydrogen-bond donors (Lipinski definition) is 0. The number of rotatable bonds is 6. The van der Waals surface area contributed by atoms with Crippen molar-refractivity contribution in [3.63, 3.8) is 0 Å².